The molecule has 2 N–H and O–H groups in total. The topological polar surface area (TPSA) is 40.8 Å². The Hall–Kier alpha value is -1.62. The lowest BCUT2D eigenvalue weighted by Gasteiger charge is -2.05. The van der Waals surface area contributed by atoms with Gasteiger partial charge in [-0.3, -0.25) is 0 Å². The maximum atomic E-state index is 13.1. The van der Waals surface area contributed by atoms with Crippen molar-refractivity contribution in [2.45, 2.75) is 0 Å². The van der Waals surface area contributed by atoms with Crippen LogP contribution < -0.4 is 4.74 Å². The number of halogens is 1. The predicted octanol–water partition coefficient (Wildman–Crippen LogP) is 2.89. The van der Waals surface area contributed by atoms with Gasteiger partial charge in [-0.25, -0.2) is 4.39 Å². The van der Waals surface area contributed by atoms with E-state index >= 15 is 0 Å². The first-order chi connectivity index (χ1) is 7.20. The number of hydrogen-bond donors (Lipinski definition) is 2. The molecule has 0 aliphatic carbocycles. The van der Waals surface area contributed by atoms with Crippen molar-refractivity contribution in [2.24, 2.45) is 0 Å². The van der Waals surface area contributed by atoms with Crippen LogP contribution in [0.2, 0.25) is 0 Å². The molecule has 3 nitrogen and oxygen atoms in total. The minimum Gasteiger partial charge on any atom is -0.496 e. The van der Waals surface area contributed by atoms with Gasteiger partial charge in [0.05, 0.1) is 12.8 Å². The summed E-state index contributed by atoms with van der Waals surface area (Å²) in [7, 11) is 1.54. The number of aromatic nitrogens is 2. The second-order valence-corrected chi connectivity index (χ2v) is 3.41. The lowest BCUT2D eigenvalue weighted by molar-refractivity contribution is 0.415. The third-order valence-corrected chi connectivity index (χ3v) is 2.27. The van der Waals surface area contributed by atoms with Crippen LogP contribution in [0.1, 0.15) is 0 Å². The summed E-state index contributed by atoms with van der Waals surface area (Å²) >= 11 is 4.90. The Morgan fingerprint density at radius 3 is 2.80 bits per heavy atom. The van der Waals surface area contributed by atoms with Gasteiger partial charge in [0.2, 0.25) is 0 Å². The minimum absolute atomic E-state index is 0.314. The van der Waals surface area contributed by atoms with E-state index in [1.807, 2.05) is 0 Å². The van der Waals surface area contributed by atoms with Crippen LogP contribution in [0.5, 0.6) is 5.75 Å². The largest absolute Gasteiger partial charge is 0.496 e. The molecule has 0 saturated carbocycles. The number of ether oxygens (including phenoxy) is 1. The molecule has 0 aliphatic heterocycles. The van der Waals surface area contributed by atoms with Gasteiger partial charge in [-0.1, -0.05) is 0 Å². The molecule has 0 amide bonds. The highest BCUT2D eigenvalue weighted by molar-refractivity contribution is 7.71. The van der Waals surface area contributed by atoms with Crippen LogP contribution in [0.15, 0.2) is 24.4 Å². The first-order valence-electron chi connectivity index (χ1n) is 4.32. The summed E-state index contributed by atoms with van der Waals surface area (Å²) in [6.07, 6.45) is 1.68. The highest BCUT2D eigenvalue weighted by Crippen LogP contribution is 2.28. The molecule has 78 valence electrons. The van der Waals surface area contributed by atoms with Crippen molar-refractivity contribution < 1.29 is 9.13 Å². The Kier molecular flexibility index (Phi) is 2.55. The van der Waals surface area contributed by atoms with Crippen LogP contribution >= 0.6 is 12.2 Å². The fourth-order valence-corrected chi connectivity index (χ4v) is 1.54. The molecule has 2 aromatic rings. The Morgan fingerprint density at radius 1 is 1.40 bits per heavy atom. The van der Waals surface area contributed by atoms with Gasteiger partial charge in [0.1, 0.15) is 11.6 Å². The van der Waals surface area contributed by atoms with Gasteiger partial charge in [0.15, 0.2) is 4.77 Å². The first kappa shape index (κ1) is 9.92. The van der Waals surface area contributed by atoms with Gasteiger partial charge < -0.3 is 14.7 Å². The van der Waals surface area contributed by atoms with E-state index in [1.165, 1.54) is 19.2 Å². The molecule has 0 aliphatic rings. The molecular formula is C10H9FN2OS. The summed E-state index contributed by atoms with van der Waals surface area (Å²) in [5, 5.41) is 0. The molecule has 0 radical (unpaired) electrons. The molecule has 2 rings (SSSR count). The summed E-state index contributed by atoms with van der Waals surface area (Å²) in [6, 6.07) is 4.32. The number of rotatable bonds is 2. The van der Waals surface area contributed by atoms with E-state index in [4.69, 9.17) is 17.0 Å². The zero-order valence-electron chi connectivity index (χ0n) is 8.00. The highest BCUT2D eigenvalue weighted by Gasteiger charge is 2.08. The maximum Gasteiger partial charge on any atom is 0.174 e. The fraction of sp³-hybridized carbons (Fsp3) is 0.100. The zero-order valence-corrected chi connectivity index (χ0v) is 8.82. The molecule has 0 saturated heterocycles. The van der Waals surface area contributed by atoms with Gasteiger partial charge >= 0.3 is 0 Å². The van der Waals surface area contributed by atoms with Crippen molar-refractivity contribution in [1.82, 2.24) is 9.97 Å². The Morgan fingerprint density at radius 2 is 2.20 bits per heavy atom. The van der Waals surface area contributed by atoms with Crippen molar-refractivity contribution >= 4 is 12.2 Å². The smallest absolute Gasteiger partial charge is 0.174 e. The Bertz CT molecular complexity index is 532. The molecule has 0 unspecified atom stereocenters. The minimum atomic E-state index is -0.314. The molecule has 0 spiro atoms. The predicted molar refractivity (Wildman–Crippen MR) is 57.9 cm³/mol. The van der Waals surface area contributed by atoms with Crippen LogP contribution in [0.25, 0.3) is 11.3 Å². The average Bonchev–Trinajstić information content (AvgIpc) is 2.65. The SMILES string of the molecule is COc1ccc(F)cc1-c1c[nH]c(=S)[nH]1. The molecule has 1 heterocycles. The third kappa shape index (κ3) is 1.92. The van der Waals surface area contributed by atoms with Gasteiger partial charge in [-0.15, -0.1) is 0 Å². The molecule has 0 fully saturated rings. The molecule has 15 heavy (non-hydrogen) atoms. The monoisotopic (exact) mass is 224 g/mol. The second-order valence-electron chi connectivity index (χ2n) is 3.00. The van der Waals surface area contributed by atoms with Gasteiger partial charge in [-0.2, -0.15) is 0 Å². The molecule has 5 heteroatoms. The number of methoxy groups -OCH3 is 1. The highest BCUT2D eigenvalue weighted by atomic mass is 32.1. The quantitative estimate of drug-likeness (QED) is 0.770. The second kappa shape index (κ2) is 3.86. The van der Waals surface area contributed by atoms with Crippen molar-refractivity contribution in [2.75, 3.05) is 7.11 Å². The standard InChI is InChI=1S/C10H9FN2OS/c1-14-9-3-2-6(11)4-7(9)8-5-12-10(15)13-8/h2-5H,1H3,(H2,12,13,15). The zero-order chi connectivity index (χ0) is 10.8. The number of imidazole rings is 1. The summed E-state index contributed by atoms with van der Waals surface area (Å²) in [5.41, 5.74) is 1.35. The van der Waals surface area contributed by atoms with Crippen molar-refractivity contribution in [3.05, 3.63) is 35.0 Å². The summed E-state index contributed by atoms with van der Waals surface area (Å²) in [6.45, 7) is 0. The summed E-state index contributed by atoms with van der Waals surface area (Å²) < 4.78 is 18.7. The van der Waals surface area contributed by atoms with E-state index in [2.05, 4.69) is 9.97 Å². The average molecular weight is 224 g/mol. The molecule has 0 bridgehead atoms. The third-order valence-electron chi connectivity index (χ3n) is 2.05. The van der Waals surface area contributed by atoms with Crippen LogP contribution in [-0.2, 0) is 0 Å². The van der Waals surface area contributed by atoms with Gasteiger partial charge in [-0.05, 0) is 30.4 Å². The van der Waals surface area contributed by atoms with Gasteiger partial charge in [0, 0.05) is 11.8 Å². The van der Waals surface area contributed by atoms with Crippen molar-refractivity contribution in [3.63, 3.8) is 0 Å². The lowest BCUT2D eigenvalue weighted by atomic mass is 10.1. The van der Waals surface area contributed by atoms with E-state index in [0.29, 0.717) is 21.8 Å². The number of hydrogen-bond acceptors (Lipinski definition) is 2. The number of benzene rings is 1. The van der Waals surface area contributed by atoms with E-state index in [0.717, 1.165) is 0 Å². The molecule has 1 aromatic heterocycles. The van der Waals surface area contributed by atoms with Crippen molar-refractivity contribution in [3.8, 4) is 17.0 Å². The fourth-order valence-electron chi connectivity index (χ4n) is 1.37. The lowest BCUT2D eigenvalue weighted by Crippen LogP contribution is -1.89. The van der Waals surface area contributed by atoms with E-state index < -0.39 is 0 Å². The van der Waals surface area contributed by atoms with Crippen LogP contribution in [-0.4, -0.2) is 17.1 Å². The summed E-state index contributed by atoms with van der Waals surface area (Å²) in [5.74, 6) is 0.285. The van der Waals surface area contributed by atoms with Crippen molar-refractivity contribution in [1.29, 1.82) is 0 Å². The number of H-pyrrole nitrogens is 2. The molecule has 1 aromatic carbocycles. The Balaban J connectivity index is 2.59. The Labute approximate surface area is 90.9 Å². The van der Waals surface area contributed by atoms with E-state index in [-0.39, 0.29) is 5.82 Å². The number of nitrogens with one attached hydrogen (secondary N) is 2. The van der Waals surface area contributed by atoms with Gasteiger partial charge in [0.25, 0.3) is 0 Å². The molecule has 0 atom stereocenters. The van der Waals surface area contributed by atoms with Crippen LogP contribution in [0.3, 0.4) is 0 Å². The van der Waals surface area contributed by atoms with Crippen LogP contribution in [0.4, 0.5) is 4.39 Å². The number of aromatic amines is 2. The van der Waals surface area contributed by atoms with E-state index in [1.54, 1.807) is 12.3 Å². The van der Waals surface area contributed by atoms with E-state index in [9.17, 15) is 4.39 Å². The molecular weight excluding hydrogens is 215 g/mol. The normalized spacial score (nSPS) is 10.3. The van der Waals surface area contributed by atoms with Crippen LogP contribution in [0, 0.1) is 10.6 Å². The maximum absolute atomic E-state index is 13.1. The summed E-state index contributed by atoms with van der Waals surface area (Å²) in [4.78, 5) is 5.73. The first-order valence-corrected chi connectivity index (χ1v) is 4.73.